The van der Waals surface area contributed by atoms with Crippen LogP contribution in [0.3, 0.4) is 0 Å². The molecule has 0 fully saturated rings. The van der Waals surface area contributed by atoms with Gasteiger partial charge in [0, 0.05) is 53.8 Å². The third kappa shape index (κ3) is 8.06. The van der Waals surface area contributed by atoms with E-state index in [1.165, 1.54) is 6.92 Å². The monoisotopic (exact) mass is 579 g/mol. The fourth-order valence-corrected chi connectivity index (χ4v) is 4.17. The Morgan fingerprint density at radius 2 is 1.74 bits per heavy atom. The number of anilines is 3. The molecule has 3 aromatic heterocycles. The minimum atomic E-state index is -1.39. The van der Waals surface area contributed by atoms with Crippen LogP contribution in [0.1, 0.15) is 52.2 Å². The van der Waals surface area contributed by atoms with Crippen LogP contribution in [0.25, 0.3) is 11.1 Å². The van der Waals surface area contributed by atoms with Crippen LogP contribution < -0.4 is 24.8 Å². The minimum Gasteiger partial charge on any atom is -0.497 e. The van der Waals surface area contributed by atoms with E-state index in [-0.39, 0.29) is 11.9 Å². The van der Waals surface area contributed by atoms with Crippen LogP contribution in [0.5, 0.6) is 17.2 Å². The highest BCUT2D eigenvalue weighted by atomic mass is 19.1. The molecule has 12 heteroatoms. The zero-order valence-corrected chi connectivity index (χ0v) is 25.0. The summed E-state index contributed by atoms with van der Waals surface area (Å²) in [6.45, 7) is 9.42. The number of methoxy groups -OCH3 is 2. The SMILES string of the molecule is COc1ccc(CNc2cc(Nc3cc(OC(C)C)c(-c4cnn(CC(C)(C)O)c4)cn3)nc(C(C)F)n2)c(OC)c1. The summed E-state index contributed by atoms with van der Waals surface area (Å²) >= 11 is 0. The van der Waals surface area contributed by atoms with E-state index >= 15 is 0 Å². The number of aromatic nitrogens is 5. The van der Waals surface area contributed by atoms with Crippen molar-refractivity contribution in [2.45, 2.75) is 65.6 Å². The lowest BCUT2D eigenvalue weighted by Gasteiger charge is -2.17. The lowest BCUT2D eigenvalue weighted by molar-refractivity contribution is 0.0577. The van der Waals surface area contributed by atoms with Crippen LogP contribution in [0, 0.1) is 0 Å². The summed E-state index contributed by atoms with van der Waals surface area (Å²) in [6, 6.07) is 8.97. The molecule has 3 N–H and O–H groups in total. The molecule has 0 saturated heterocycles. The van der Waals surface area contributed by atoms with Gasteiger partial charge >= 0.3 is 0 Å². The molecular weight excluding hydrogens is 541 g/mol. The Hall–Kier alpha value is -4.45. The highest BCUT2D eigenvalue weighted by Gasteiger charge is 2.18. The van der Waals surface area contributed by atoms with Crippen molar-refractivity contribution in [3.63, 3.8) is 0 Å². The summed E-state index contributed by atoms with van der Waals surface area (Å²) in [5.41, 5.74) is 1.51. The largest absolute Gasteiger partial charge is 0.497 e. The fourth-order valence-electron chi connectivity index (χ4n) is 4.17. The number of rotatable bonds is 13. The predicted molar refractivity (Wildman–Crippen MR) is 159 cm³/mol. The number of alkyl halides is 1. The lowest BCUT2D eigenvalue weighted by Crippen LogP contribution is -2.26. The summed E-state index contributed by atoms with van der Waals surface area (Å²) in [5, 5.41) is 20.9. The molecule has 0 bridgehead atoms. The Bertz CT molecular complexity index is 1500. The van der Waals surface area contributed by atoms with Crippen molar-refractivity contribution in [2.75, 3.05) is 24.9 Å². The van der Waals surface area contributed by atoms with Gasteiger partial charge in [-0.2, -0.15) is 5.10 Å². The van der Waals surface area contributed by atoms with Crippen LogP contribution in [0.15, 0.2) is 48.9 Å². The second-order valence-corrected chi connectivity index (χ2v) is 10.7. The molecule has 3 heterocycles. The second kappa shape index (κ2) is 13.0. The van der Waals surface area contributed by atoms with Crippen molar-refractivity contribution in [2.24, 2.45) is 0 Å². The highest BCUT2D eigenvalue weighted by molar-refractivity contribution is 5.71. The van der Waals surface area contributed by atoms with Gasteiger partial charge in [-0.1, -0.05) is 0 Å². The smallest absolute Gasteiger partial charge is 0.166 e. The molecule has 0 aliphatic heterocycles. The summed E-state index contributed by atoms with van der Waals surface area (Å²) in [6.07, 6.45) is 3.73. The first-order chi connectivity index (χ1) is 19.9. The van der Waals surface area contributed by atoms with Crippen LogP contribution in [0.4, 0.5) is 21.8 Å². The first-order valence-corrected chi connectivity index (χ1v) is 13.6. The Kier molecular flexibility index (Phi) is 9.46. The van der Waals surface area contributed by atoms with E-state index in [0.717, 1.165) is 16.7 Å². The normalized spacial score (nSPS) is 12.2. The molecule has 224 valence electrons. The van der Waals surface area contributed by atoms with Crippen molar-refractivity contribution in [1.82, 2.24) is 24.7 Å². The van der Waals surface area contributed by atoms with Gasteiger partial charge in [0.25, 0.3) is 0 Å². The van der Waals surface area contributed by atoms with Crippen LogP contribution in [0.2, 0.25) is 0 Å². The van der Waals surface area contributed by atoms with E-state index in [1.54, 1.807) is 63.3 Å². The molecule has 0 radical (unpaired) electrons. The molecule has 11 nitrogen and oxygen atoms in total. The Labute approximate surface area is 245 Å². The van der Waals surface area contributed by atoms with E-state index < -0.39 is 11.8 Å². The van der Waals surface area contributed by atoms with Gasteiger partial charge in [-0.15, -0.1) is 0 Å². The number of ether oxygens (including phenoxy) is 3. The van der Waals surface area contributed by atoms with Crippen molar-refractivity contribution < 1.29 is 23.7 Å². The average molecular weight is 580 g/mol. The number of benzene rings is 1. The van der Waals surface area contributed by atoms with E-state index in [9.17, 15) is 9.50 Å². The number of nitrogens with zero attached hydrogens (tertiary/aromatic N) is 5. The molecule has 0 amide bonds. The van der Waals surface area contributed by atoms with Crippen LogP contribution in [-0.4, -0.2) is 55.8 Å². The van der Waals surface area contributed by atoms with Gasteiger partial charge < -0.3 is 30.0 Å². The number of halogens is 1. The molecule has 1 atom stereocenters. The number of pyridine rings is 1. The maximum atomic E-state index is 14.4. The number of aliphatic hydroxyl groups is 1. The maximum Gasteiger partial charge on any atom is 0.166 e. The van der Waals surface area contributed by atoms with Crippen molar-refractivity contribution in [3.05, 3.63) is 60.3 Å². The Morgan fingerprint density at radius 1 is 0.976 bits per heavy atom. The molecule has 4 aromatic rings. The Morgan fingerprint density at radius 3 is 2.40 bits per heavy atom. The molecular formula is C30H38FN7O4. The van der Waals surface area contributed by atoms with Crippen molar-refractivity contribution in [1.29, 1.82) is 0 Å². The molecule has 42 heavy (non-hydrogen) atoms. The molecule has 0 aliphatic rings. The summed E-state index contributed by atoms with van der Waals surface area (Å²) in [7, 11) is 3.18. The standard InChI is InChI=1S/C30H38FN7O4/c1-18(2)42-25-11-26(33-15-23(25)21-14-34-38(16-21)17-30(4,5)39)35-28-12-27(36-29(37-28)19(3)31)32-13-20-8-9-22(40-6)10-24(20)41-7/h8-12,14-16,18-19,39H,13,17H2,1-7H3,(H2,32,33,35,36,37). The van der Waals surface area contributed by atoms with Gasteiger partial charge in [0.1, 0.15) is 34.7 Å². The summed E-state index contributed by atoms with van der Waals surface area (Å²) < 4.78 is 32.9. The maximum absolute atomic E-state index is 14.4. The van der Waals surface area contributed by atoms with E-state index in [0.29, 0.717) is 47.8 Å². The number of nitrogens with one attached hydrogen (secondary N) is 2. The molecule has 0 aliphatic carbocycles. The topological polar surface area (TPSA) is 128 Å². The van der Waals surface area contributed by atoms with Gasteiger partial charge in [0.05, 0.1) is 38.7 Å². The van der Waals surface area contributed by atoms with E-state index in [2.05, 4.69) is 30.7 Å². The summed E-state index contributed by atoms with van der Waals surface area (Å²) in [5.74, 6) is 3.20. The quantitative estimate of drug-likeness (QED) is 0.182. The molecule has 0 spiro atoms. The average Bonchev–Trinajstić information content (AvgIpc) is 3.38. The van der Waals surface area contributed by atoms with Crippen LogP contribution in [-0.2, 0) is 13.1 Å². The minimum absolute atomic E-state index is 0.0266. The van der Waals surface area contributed by atoms with Crippen LogP contribution >= 0.6 is 0 Å². The highest BCUT2D eigenvalue weighted by Crippen LogP contribution is 2.33. The van der Waals surface area contributed by atoms with Gasteiger partial charge in [-0.05, 0) is 46.8 Å². The summed E-state index contributed by atoms with van der Waals surface area (Å²) in [4.78, 5) is 13.3. The van der Waals surface area contributed by atoms with Gasteiger partial charge in [-0.25, -0.2) is 19.3 Å². The predicted octanol–water partition coefficient (Wildman–Crippen LogP) is 5.70. The lowest BCUT2D eigenvalue weighted by atomic mass is 10.1. The number of hydrogen-bond acceptors (Lipinski definition) is 10. The molecule has 1 unspecified atom stereocenters. The second-order valence-electron chi connectivity index (χ2n) is 10.7. The van der Waals surface area contributed by atoms with E-state index in [4.69, 9.17) is 14.2 Å². The molecule has 4 rings (SSSR count). The first kappa shape index (κ1) is 30.5. The zero-order chi connectivity index (χ0) is 30.4. The Balaban J connectivity index is 1.59. The third-order valence-corrected chi connectivity index (χ3v) is 6.03. The van der Waals surface area contributed by atoms with Crippen molar-refractivity contribution in [3.8, 4) is 28.4 Å². The first-order valence-electron chi connectivity index (χ1n) is 13.6. The number of hydrogen-bond donors (Lipinski definition) is 3. The van der Waals surface area contributed by atoms with Gasteiger partial charge in [-0.3, -0.25) is 4.68 Å². The van der Waals surface area contributed by atoms with Crippen molar-refractivity contribution >= 4 is 17.5 Å². The fraction of sp³-hybridized carbons (Fsp3) is 0.400. The molecule has 0 saturated carbocycles. The van der Waals surface area contributed by atoms with Gasteiger partial charge in [0.15, 0.2) is 12.0 Å². The molecule has 1 aromatic carbocycles. The third-order valence-electron chi connectivity index (χ3n) is 6.03. The van der Waals surface area contributed by atoms with E-state index in [1.807, 2.05) is 32.2 Å². The van der Waals surface area contributed by atoms with Gasteiger partial charge in [0.2, 0.25) is 0 Å². The zero-order valence-electron chi connectivity index (χ0n) is 25.0.